The van der Waals surface area contributed by atoms with Crippen LogP contribution in [-0.4, -0.2) is 24.1 Å². The maximum Gasteiger partial charge on any atom is 0.342 e. The minimum Gasteiger partial charge on any atom is -0.496 e. The highest BCUT2D eigenvalue weighted by molar-refractivity contribution is 5.93. The molecule has 21 heavy (non-hydrogen) atoms. The molecule has 2 unspecified atom stereocenters. The molecule has 0 radical (unpaired) electrons. The number of carbonyl (C=O) groups excluding carboxylic acids is 1. The second-order valence-corrected chi connectivity index (χ2v) is 5.44. The molecule has 6 heteroatoms. The molecule has 2 atom stereocenters. The van der Waals surface area contributed by atoms with Crippen LogP contribution in [0.1, 0.15) is 43.0 Å². The average Bonchev–Trinajstić information content (AvgIpc) is 2.46. The topological polar surface area (TPSA) is 78.7 Å². The molecule has 1 aromatic rings. The SMILES string of the molecule is COc1ccc([N+](=O)[O-])cc1C(=O)OC1CCCC(C)C1. The summed E-state index contributed by atoms with van der Waals surface area (Å²) in [5.74, 6) is 0.257. The van der Waals surface area contributed by atoms with Gasteiger partial charge in [0.2, 0.25) is 0 Å². The Bertz CT molecular complexity index is 543. The van der Waals surface area contributed by atoms with Crippen molar-refractivity contribution in [3.05, 3.63) is 33.9 Å². The van der Waals surface area contributed by atoms with Gasteiger partial charge < -0.3 is 9.47 Å². The van der Waals surface area contributed by atoms with Crippen LogP contribution in [-0.2, 0) is 4.74 Å². The van der Waals surface area contributed by atoms with Gasteiger partial charge in [-0.1, -0.05) is 13.3 Å². The predicted octanol–water partition coefficient (Wildman–Crippen LogP) is 3.34. The first-order valence-electron chi connectivity index (χ1n) is 7.04. The number of benzene rings is 1. The fourth-order valence-corrected chi connectivity index (χ4v) is 2.67. The molecule has 0 heterocycles. The molecule has 0 saturated heterocycles. The molecule has 0 bridgehead atoms. The van der Waals surface area contributed by atoms with Crippen molar-refractivity contribution in [3.8, 4) is 5.75 Å². The third-order valence-electron chi connectivity index (χ3n) is 3.78. The molecule has 0 amide bonds. The normalized spacial score (nSPS) is 21.6. The van der Waals surface area contributed by atoms with Crippen molar-refractivity contribution in [2.45, 2.75) is 38.7 Å². The van der Waals surface area contributed by atoms with Gasteiger partial charge in [-0.05, 0) is 31.2 Å². The first kappa shape index (κ1) is 15.3. The highest BCUT2D eigenvalue weighted by Gasteiger charge is 2.25. The van der Waals surface area contributed by atoms with E-state index in [4.69, 9.17) is 9.47 Å². The number of methoxy groups -OCH3 is 1. The molecule has 0 N–H and O–H groups in total. The summed E-state index contributed by atoms with van der Waals surface area (Å²) >= 11 is 0. The van der Waals surface area contributed by atoms with Crippen molar-refractivity contribution >= 4 is 11.7 Å². The van der Waals surface area contributed by atoms with Crippen molar-refractivity contribution in [1.29, 1.82) is 0 Å². The molecule has 1 aliphatic rings. The van der Waals surface area contributed by atoms with Gasteiger partial charge in [0.15, 0.2) is 0 Å². The smallest absolute Gasteiger partial charge is 0.342 e. The Morgan fingerprint density at radius 2 is 2.14 bits per heavy atom. The van der Waals surface area contributed by atoms with E-state index in [9.17, 15) is 14.9 Å². The van der Waals surface area contributed by atoms with Gasteiger partial charge >= 0.3 is 5.97 Å². The molecule has 1 aromatic carbocycles. The maximum atomic E-state index is 12.2. The molecule has 1 aliphatic carbocycles. The first-order chi connectivity index (χ1) is 10.0. The van der Waals surface area contributed by atoms with E-state index in [0.717, 1.165) is 25.7 Å². The summed E-state index contributed by atoms with van der Waals surface area (Å²) in [4.78, 5) is 22.5. The monoisotopic (exact) mass is 293 g/mol. The fraction of sp³-hybridized carbons (Fsp3) is 0.533. The Morgan fingerprint density at radius 1 is 1.38 bits per heavy atom. The number of nitro benzene ring substituents is 1. The second-order valence-electron chi connectivity index (χ2n) is 5.44. The summed E-state index contributed by atoms with van der Waals surface area (Å²) in [6.45, 7) is 2.13. The summed E-state index contributed by atoms with van der Waals surface area (Å²) in [6, 6.07) is 3.92. The summed E-state index contributed by atoms with van der Waals surface area (Å²) in [5.41, 5.74) is -0.0512. The lowest BCUT2D eigenvalue weighted by atomic mass is 9.89. The quantitative estimate of drug-likeness (QED) is 0.483. The van der Waals surface area contributed by atoms with Crippen LogP contribution in [0.25, 0.3) is 0 Å². The Hall–Kier alpha value is -2.11. The lowest BCUT2D eigenvalue weighted by Crippen LogP contribution is -2.24. The van der Waals surface area contributed by atoms with Crippen LogP contribution < -0.4 is 4.74 Å². The zero-order valence-corrected chi connectivity index (χ0v) is 12.2. The van der Waals surface area contributed by atoms with Gasteiger partial charge in [-0.3, -0.25) is 10.1 Å². The lowest BCUT2D eigenvalue weighted by Gasteiger charge is -2.26. The van der Waals surface area contributed by atoms with Gasteiger partial charge in [-0.2, -0.15) is 0 Å². The standard InChI is InChI=1S/C15H19NO5/c1-10-4-3-5-12(8-10)21-15(17)13-9-11(16(18)19)6-7-14(13)20-2/h6-7,9-10,12H,3-5,8H2,1-2H3. The summed E-state index contributed by atoms with van der Waals surface area (Å²) < 4.78 is 10.6. The summed E-state index contributed by atoms with van der Waals surface area (Å²) in [7, 11) is 1.42. The third-order valence-corrected chi connectivity index (χ3v) is 3.78. The summed E-state index contributed by atoms with van der Waals surface area (Å²) in [5, 5.41) is 10.8. The Kier molecular flexibility index (Phi) is 4.77. The Balaban J connectivity index is 2.17. The Morgan fingerprint density at radius 3 is 2.76 bits per heavy atom. The molecular formula is C15H19NO5. The number of ether oxygens (including phenoxy) is 2. The largest absolute Gasteiger partial charge is 0.496 e. The number of nitro groups is 1. The van der Waals surface area contributed by atoms with E-state index >= 15 is 0 Å². The van der Waals surface area contributed by atoms with Crippen LogP contribution in [0.2, 0.25) is 0 Å². The second kappa shape index (κ2) is 6.56. The average molecular weight is 293 g/mol. The van der Waals surface area contributed by atoms with E-state index in [-0.39, 0.29) is 23.1 Å². The van der Waals surface area contributed by atoms with Crippen LogP contribution in [0.15, 0.2) is 18.2 Å². The first-order valence-corrected chi connectivity index (χ1v) is 7.04. The van der Waals surface area contributed by atoms with Crippen LogP contribution in [0, 0.1) is 16.0 Å². The highest BCUT2D eigenvalue weighted by atomic mass is 16.6. The number of carbonyl (C=O) groups is 1. The van der Waals surface area contributed by atoms with E-state index in [1.165, 1.54) is 25.3 Å². The van der Waals surface area contributed by atoms with Gasteiger partial charge in [0.25, 0.3) is 5.69 Å². The van der Waals surface area contributed by atoms with Crippen molar-refractivity contribution in [2.75, 3.05) is 7.11 Å². The van der Waals surface area contributed by atoms with E-state index < -0.39 is 10.9 Å². The zero-order chi connectivity index (χ0) is 15.4. The van der Waals surface area contributed by atoms with Crippen molar-refractivity contribution in [1.82, 2.24) is 0 Å². The number of rotatable bonds is 4. The molecular weight excluding hydrogens is 274 g/mol. The van der Waals surface area contributed by atoms with E-state index in [1.54, 1.807) is 0 Å². The summed E-state index contributed by atoms with van der Waals surface area (Å²) in [6.07, 6.45) is 3.74. The molecule has 114 valence electrons. The van der Waals surface area contributed by atoms with E-state index in [2.05, 4.69) is 6.92 Å². The molecule has 6 nitrogen and oxygen atoms in total. The van der Waals surface area contributed by atoms with Crippen LogP contribution >= 0.6 is 0 Å². The number of nitrogens with zero attached hydrogens (tertiary/aromatic N) is 1. The molecule has 1 fully saturated rings. The van der Waals surface area contributed by atoms with Crippen LogP contribution in [0.3, 0.4) is 0 Å². The minimum absolute atomic E-state index is 0.102. The zero-order valence-electron chi connectivity index (χ0n) is 12.2. The number of non-ortho nitro benzene ring substituents is 1. The molecule has 1 saturated carbocycles. The van der Waals surface area contributed by atoms with E-state index in [0.29, 0.717) is 5.92 Å². The third kappa shape index (κ3) is 3.71. The van der Waals surface area contributed by atoms with Gasteiger partial charge in [-0.25, -0.2) is 4.79 Å². The van der Waals surface area contributed by atoms with Crippen molar-refractivity contribution in [3.63, 3.8) is 0 Å². The number of hydrogen-bond donors (Lipinski definition) is 0. The van der Waals surface area contributed by atoms with Crippen molar-refractivity contribution < 1.29 is 19.2 Å². The Labute approximate surface area is 123 Å². The van der Waals surface area contributed by atoms with Gasteiger partial charge in [0.05, 0.1) is 12.0 Å². The number of hydrogen-bond acceptors (Lipinski definition) is 5. The maximum absolute atomic E-state index is 12.2. The molecule has 0 spiro atoms. The van der Waals surface area contributed by atoms with Gasteiger partial charge in [0, 0.05) is 12.1 Å². The molecule has 0 aromatic heterocycles. The minimum atomic E-state index is -0.561. The fourth-order valence-electron chi connectivity index (χ4n) is 2.67. The molecule has 0 aliphatic heterocycles. The lowest BCUT2D eigenvalue weighted by molar-refractivity contribution is -0.384. The predicted molar refractivity (Wildman–Crippen MR) is 76.5 cm³/mol. The number of esters is 1. The highest BCUT2D eigenvalue weighted by Crippen LogP contribution is 2.29. The van der Waals surface area contributed by atoms with E-state index in [1.807, 2.05) is 0 Å². The van der Waals surface area contributed by atoms with Gasteiger partial charge in [-0.15, -0.1) is 0 Å². The van der Waals surface area contributed by atoms with Crippen LogP contribution in [0.4, 0.5) is 5.69 Å². The van der Waals surface area contributed by atoms with Crippen molar-refractivity contribution in [2.24, 2.45) is 5.92 Å². The van der Waals surface area contributed by atoms with Crippen LogP contribution in [0.5, 0.6) is 5.75 Å². The molecule has 2 rings (SSSR count). The van der Waals surface area contributed by atoms with Gasteiger partial charge in [0.1, 0.15) is 17.4 Å².